The van der Waals surface area contributed by atoms with Gasteiger partial charge in [-0.05, 0) is 37.6 Å². The van der Waals surface area contributed by atoms with E-state index in [2.05, 4.69) is 10.1 Å². The first-order valence-corrected chi connectivity index (χ1v) is 8.38. The summed E-state index contributed by atoms with van der Waals surface area (Å²) in [5, 5.41) is 13.6. The van der Waals surface area contributed by atoms with Crippen molar-refractivity contribution in [3.63, 3.8) is 0 Å². The van der Waals surface area contributed by atoms with Crippen LogP contribution in [0.4, 0.5) is 4.39 Å². The number of carboxylic acids is 1. The number of imidazole rings is 1. The number of halogens is 1. The molecule has 0 unspecified atom stereocenters. The number of fused-ring (bicyclic) bond motifs is 1. The van der Waals surface area contributed by atoms with Crippen LogP contribution in [0.25, 0.3) is 28.0 Å². The molecule has 7 heteroatoms. The molecule has 3 aromatic heterocycles. The molecule has 6 nitrogen and oxygen atoms in total. The van der Waals surface area contributed by atoms with Crippen molar-refractivity contribution < 1.29 is 14.3 Å². The molecule has 0 spiro atoms. The largest absolute Gasteiger partial charge is 0.478 e. The smallest absolute Gasteiger partial charge is 0.335 e. The van der Waals surface area contributed by atoms with E-state index < -0.39 is 5.97 Å². The SMILES string of the molecule is Cc1nn(C)cc1-c1cccc(F)c1-c1nc2cc(C(=O)O)ccn2c1C. The number of carboxylic acid groups (broad SMARTS) is 1. The zero-order chi connectivity index (χ0) is 19.3. The molecule has 0 atom stereocenters. The van der Waals surface area contributed by atoms with Gasteiger partial charge in [0.25, 0.3) is 0 Å². The van der Waals surface area contributed by atoms with Crippen LogP contribution in [0.1, 0.15) is 21.7 Å². The Kier molecular flexibility index (Phi) is 3.80. The minimum absolute atomic E-state index is 0.135. The number of pyridine rings is 1. The monoisotopic (exact) mass is 364 g/mol. The van der Waals surface area contributed by atoms with Crippen molar-refractivity contribution in [2.24, 2.45) is 7.05 Å². The van der Waals surface area contributed by atoms with Crippen LogP contribution in [-0.4, -0.2) is 30.2 Å². The fourth-order valence-electron chi connectivity index (χ4n) is 3.39. The number of nitrogens with zero attached hydrogens (tertiary/aromatic N) is 4. The molecule has 0 saturated heterocycles. The predicted molar refractivity (Wildman–Crippen MR) is 99.2 cm³/mol. The normalized spacial score (nSPS) is 11.3. The van der Waals surface area contributed by atoms with Gasteiger partial charge < -0.3 is 9.51 Å². The number of hydrogen-bond donors (Lipinski definition) is 1. The molecule has 0 amide bonds. The molecule has 1 aromatic carbocycles. The van der Waals surface area contributed by atoms with Crippen LogP contribution >= 0.6 is 0 Å². The Morgan fingerprint density at radius 3 is 2.63 bits per heavy atom. The summed E-state index contributed by atoms with van der Waals surface area (Å²) in [6.45, 7) is 3.71. The molecule has 136 valence electrons. The molecule has 27 heavy (non-hydrogen) atoms. The van der Waals surface area contributed by atoms with Crippen molar-refractivity contribution >= 4 is 11.6 Å². The van der Waals surface area contributed by atoms with E-state index in [0.717, 1.165) is 17.0 Å². The minimum Gasteiger partial charge on any atom is -0.478 e. The first-order valence-electron chi connectivity index (χ1n) is 8.38. The Labute approximate surface area is 154 Å². The van der Waals surface area contributed by atoms with Crippen LogP contribution in [0, 0.1) is 19.7 Å². The second-order valence-electron chi connectivity index (χ2n) is 6.46. The fourth-order valence-corrected chi connectivity index (χ4v) is 3.39. The third kappa shape index (κ3) is 2.68. The molecule has 1 N–H and O–H groups in total. The Bertz CT molecular complexity index is 1210. The molecule has 0 fully saturated rings. The molecule has 0 aliphatic rings. The fraction of sp³-hybridized carbons (Fsp3) is 0.150. The van der Waals surface area contributed by atoms with Gasteiger partial charge in [0.15, 0.2) is 0 Å². The maximum absolute atomic E-state index is 14.9. The zero-order valence-electron chi connectivity index (χ0n) is 15.1. The molecule has 4 aromatic rings. The van der Waals surface area contributed by atoms with Gasteiger partial charge in [-0.15, -0.1) is 0 Å². The highest BCUT2D eigenvalue weighted by molar-refractivity contribution is 5.89. The van der Waals surface area contributed by atoms with Crippen molar-refractivity contribution in [2.75, 3.05) is 0 Å². The second kappa shape index (κ2) is 6.05. The van der Waals surface area contributed by atoms with Gasteiger partial charge in [-0.1, -0.05) is 12.1 Å². The summed E-state index contributed by atoms with van der Waals surface area (Å²) in [4.78, 5) is 15.8. The number of aromatic nitrogens is 4. The van der Waals surface area contributed by atoms with Gasteiger partial charge in [0.1, 0.15) is 11.5 Å². The molecular weight excluding hydrogens is 347 g/mol. The lowest BCUT2D eigenvalue weighted by molar-refractivity contribution is 0.0697. The third-order valence-electron chi connectivity index (χ3n) is 4.67. The molecule has 3 heterocycles. The van der Waals surface area contributed by atoms with Gasteiger partial charge >= 0.3 is 5.97 Å². The minimum atomic E-state index is -1.03. The quantitative estimate of drug-likeness (QED) is 0.599. The number of aryl methyl sites for hydroxylation is 3. The van der Waals surface area contributed by atoms with Gasteiger partial charge in [0.2, 0.25) is 0 Å². The van der Waals surface area contributed by atoms with E-state index in [4.69, 9.17) is 0 Å². The number of hydrogen-bond acceptors (Lipinski definition) is 3. The topological polar surface area (TPSA) is 72.4 Å². The van der Waals surface area contributed by atoms with Crippen LogP contribution in [-0.2, 0) is 7.05 Å². The van der Waals surface area contributed by atoms with Gasteiger partial charge in [-0.25, -0.2) is 14.2 Å². The lowest BCUT2D eigenvalue weighted by Crippen LogP contribution is -1.98. The van der Waals surface area contributed by atoms with E-state index in [-0.39, 0.29) is 11.4 Å². The van der Waals surface area contributed by atoms with Crippen molar-refractivity contribution in [1.29, 1.82) is 0 Å². The van der Waals surface area contributed by atoms with Gasteiger partial charge in [-0.3, -0.25) is 4.68 Å². The second-order valence-corrected chi connectivity index (χ2v) is 6.46. The summed E-state index contributed by atoms with van der Waals surface area (Å²) in [6, 6.07) is 7.88. The summed E-state index contributed by atoms with van der Waals surface area (Å²) in [6.07, 6.45) is 3.49. The molecular formula is C20H17FN4O2. The summed E-state index contributed by atoms with van der Waals surface area (Å²) >= 11 is 0. The van der Waals surface area contributed by atoms with E-state index in [1.54, 1.807) is 21.3 Å². The zero-order valence-corrected chi connectivity index (χ0v) is 15.1. The van der Waals surface area contributed by atoms with E-state index in [0.29, 0.717) is 22.5 Å². The average molecular weight is 364 g/mol. The molecule has 4 rings (SSSR count). The maximum Gasteiger partial charge on any atom is 0.335 e. The first-order chi connectivity index (χ1) is 12.9. The van der Waals surface area contributed by atoms with Crippen molar-refractivity contribution in [3.05, 3.63) is 65.5 Å². The van der Waals surface area contributed by atoms with Gasteiger partial charge in [0.05, 0.1) is 17.0 Å². The summed E-state index contributed by atoms with van der Waals surface area (Å²) < 4.78 is 18.4. The number of benzene rings is 1. The summed E-state index contributed by atoms with van der Waals surface area (Å²) in [7, 11) is 1.82. The number of carbonyl (C=O) groups is 1. The molecule has 0 aliphatic heterocycles. The number of rotatable bonds is 3. The van der Waals surface area contributed by atoms with E-state index in [9.17, 15) is 14.3 Å². The summed E-state index contributed by atoms with van der Waals surface area (Å²) in [5.74, 6) is -1.42. The average Bonchev–Trinajstić information content (AvgIpc) is 3.13. The van der Waals surface area contributed by atoms with Crippen LogP contribution in [0.2, 0.25) is 0 Å². The molecule has 0 saturated carbocycles. The lowest BCUT2D eigenvalue weighted by Gasteiger charge is -2.09. The van der Waals surface area contributed by atoms with Crippen LogP contribution in [0.3, 0.4) is 0 Å². The van der Waals surface area contributed by atoms with Crippen LogP contribution < -0.4 is 0 Å². The summed E-state index contributed by atoms with van der Waals surface area (Å²) in [5.41, 5.74) is 4.50. The highest BCUT2D eigenvalue weighted by atomic mass is 19.1. The van der Waals surface area contributed by atoms with Gasteiger partial charge in [-0.2, -0.15) is 5.10 Å². The van der Waals surface area contributed by atoms with Gasteiger partial charge in [0, 0.05) is 36.3 Å². The van der Waals surface area contributed by atoms with Crippen molar-refractivity contribution in [2.45, 2.75) is 13.8 Å². The van der Waals surface area contributed by atoms with Crippen molar-refractivity contribution in [3.8, 4) is 22.4 Å². The standard InChI is InChI=1S/C20H17FN4O2/c1-11-15(10-24(3)23-11)14-5-4-6-16(21)18(14)19-12(2)25-8-7-13(20(26)27)9-17(25)22-19/h4-10H,1-3H3,(H,26,27). The van der Waals surface area contributed by atoms with Crippen molar-refractivity contribution in [1.82, 2.24) is 19.2 Å². The highest BCUT2D eigenvalue weighted by Crippen LogP contribution is 2.36. The van der Waals surface area contributed by atoms with E-state index >= 15 is 0 Å². The molecule has 0 aliphatic carbocycles. The molecule has 0 bridgehead atoms. The first kappa shape index (κ1) is 17.0. The van der Waals surface area contributed by atoms with Crippen LogP contribution in [0.5, 0.6) is 0 Å². The number of aromatic carboxylic acids is 1. The van der Waals surface area contributed by atoms with E-state index in [1.165, 1.54) is 18.2 Å². The predicted octanol–water partition coefficient (Wildman–Crippen LogP) is 3.86. The Balaban J connectivity index is 2.00. The highest BCUT2D eigenvalue weighted by Gasteiger charge is 2.21. The third-order valence-corrected chi connectivity index (χ3v) is 4.67. The Hall–Kier alpha value is -3.48. The Morgan fingerprint density at radius 1 is 1.19 bits per heavy atom. The maximum atomic E-state index is 14.9. The Morgan fingerprint density at radius 2 is 1.96 bits per heavy atom. The van der Waals surface area contributed by atoms with Crippen LogP contribution in [0.15, 0.2) is 42.7 Å². The molecule has 0 radical (unpaired) electrons. The van der Waals surface area contributed by atoms with E-state index in [1.807, 2.05) is 33.2 Å². The lowest BCUT2D eigenvalue weighted by atomic mass is 9.97.